The van der Waals surface area contributed by atoms with E-state index in [1.54, 1.807) is 29.3 Å². The van der Waals surface area contributed by atoms with Gasteiger partial charge in [0, 0.05) is 43.7 Å². The standard InChI is InChI=1S/C21H24N6O3/c1-14(2)26-20-16(13-22-26)12-17(15(3)23-20)21(28)25-10-8-24(9-11-25)18-6-4-5-7-19(18)27(29)30/h4-7,12-14H,8-11H2,1-3H3. The number of carbonyl (C=O) groups excluding carboxylic acids is 1. The minimum absolute atomic E-state index is 0.0681. The fourth-order valence-electron chi connectivity index (χ4n) is 3.87. The molecule has 3 aromatic rings. The van der Waals surface area contributed by atoms with Crippen LogP contribution in [0.2, 0.25) is 0 Å². The van der Waals surface area contributed by atoms with Crippen molar-refractivity contribution in [1.82, 2.24) is 19.7 Å². The second kappa shape index (κ2) is 7.74. The largest absolute Gasteiger partial charge is 0.362 e. The molecule has 0 N–H and O–H groups in total. The topological polar surface area (TPSA) is 97.4 Å². The first kappa shape index (κ1) is 19.8. The third-order valence-electron chi connectivity index (χ3n) is 5.47. The van der Waals surface area contributed by atoms with Crippen molar-refractivity contribution in [2.75, 3.05) is 31.1 Å². The Balaban J connectivity index is 1.52. The third kappa shape index (κ3) is 3.47. The summed E-state index contributed by atoms with van der Waals surface area (Å²) in [4.78, 5) is 32.5. The third-order valence-corrected chi connectivity index (χ3v) is 5.47. The van der Waals surface area contributed by atoms with E-state index in [9.17, 15) is 14.9 Å². The van der Waals surface area contributed by atoms with E-state index in [2.05, 4.69) is 10.1 Å². The molecule has 1 aromatic carbocycles. The number of rotatable bonds is 4. The minimum Gasteiger partial charge on any atom is -0.362 e. The molecule has 1 fully saturated rings. The molecule has 1 saturated heterocycles. The Bertz CT molecular complexity index is 1120. The van der Waals surface area contributed by atoms with Gasteiger partial charge in [-0.1, -0.05) is 12.1 Å². The van der Waals surface area contributed by atoms with Crippen molar-refractivity contribution in [3.8, 4) is 0 Å². The van der Waals surface area contributed by atoms with Gasteiger partial charge in [-0.05, 0) is 32.9 Å². The first-order valence-corrected chi connectivity index (χ1v) is 9.99. The fraction of sp³-hybridized carbons (Fsp3) is 0.381. The zero-order valence-electron chi connectivity index (χ0n) is 17.3. The van der Waals surface area contributed by atoms with Crippen LogP contribution >= 0.6 is 0 Å². The van der Waals surface area contributed by atoms with Crippen LogP contribution in [0.25, 0.3) is 11.0 Å². The molecule has 0 aliphatic carbocycles. The molecule has 0 unspecified atom stereocenters. The van der Waals surface area contributed by atoms with Crippen molar-refractivity contribution in [1.29, 1.82) is 0 Å². The van der Waals surface area contributed by atoms with E-state index in [0.29, 0.717) is 43.1 Å². The average Bonchev–Trinajstić information content (AvgIpc) is 3.15. The van der Waals surface area contributed by atoms with Crippen LogP contribution < -0.4 is 4.90 Å². The van der Waals surface area contributed by atoms with E-state index < -0.39 is 0 Å². The number of hydrogen-bond donors (Lipinski definition) is 0. The van der Waals surface area contributed by atoms with Crippen LogP contribution in [-0.2, 0) is 0 Å². The van der Waals surface area contributed by atoms with E-state index in [1.807, 2.05) is 36.4 Å². The Morgan fingerprint density at radius 3 is 2.53 bits per heavy atom. The summed E-state index contributed by atoms with van der Waals surface area (Å²) < 4.78 is 1.85. The van der Waals surface area contributed by atoms with Gasteiger partial charge >= 0.3 is 0 Å². The molecule has 9 nitrogen and oxygen atoms in total. The van der Waals surface area contributed by atoms with Crippen molar-refractivity contribution < 1.29 is 9.72 Å². The van der Waals surface area contributed by atoms with Crippen LogP contribution in [0.1, 0.15) is 35.9 Å². The number of piperazine rings is 1. The maximum Gasteiger partial charge on any atom is 0.292 e. The van der Waals surface area contributed by atoms with Gasteiger partial charge in [0.25, 0.3) is 11.6 Å². The molecular weight excluding hydrogens is 384 g/mol. The summed E-state index contributed by atoms with van der Waals surface area (Å²) in [5.74, 6) is -0.0681. The number of hydrogen-bond acceptors (Lipinski definition) is 6. The van der Waals surface area contributed by atoms with E-state index in [0.717, 1.165) is 11.0 Å². The number of benzene rings is 1. The highest BCUT2D eigenvalue weighted by Crippen LogP contribution is 2.29. The lowest BCUT2D eigenvalue weighted by Crippen LogP contribution is -2.49. The molecule has 1 aliphatic heterocycles. The minimum atomic E-state index is -0.367. The van der Waals surface area contributed by atoms with Crippen molar-refractivity contribution in [3.63, 3.8) is 0 Å². The summed E-state index contributed by atoms with van der Waals surface area (Å²) >= 11 is 0. The number of amides is 1. The number of carbonyl (C=O) groups is 1. The summed E-state index contributed by atoms with van der Waals surface area (Å²) in [6.45, 7) is 7.99. The fourth-order valence-corrected chi connectivity index (χ4v) is 3.87. The van der Waals surface area contributed by atoms with Gasteiger partial charge in [-0.3, -0.25) is 14.9 Å². The second-order valence-electron chi connectivity index (χ2n) is 7.74. The predicted molar refractivity (Wildman–Crippen MR) is 114 cm³/mol. The van der Waals surface area contributed by atoms with E-state index >= 15 is 0 Å². The number of nitrogens with zero attached hydrogens (tertiary/aromatic N) is 6. The molecule has 3 heterocycles. The first-order valence-electron chi connectivity index (χ1n) is 9.99. The highest BCUT2D eigenvalue weighted by atomic mass is 16.6. The Hall–Kier alpha value is -3.49. The summed E-state index contributed by atoms with van der Waals surface area (Å²) in [6.07, 6.45) is 1.74. The lowest BCUT2D eigenvalue weighted by atomic mass is 10.1. The molecule has 0 spiro atoms. The molecule has 2 aromatic heterocycles. The number of fused-ring (bicyclic) bond motifs is 1. The summed E-state index contributed by atoms with van der Waals surface area (Å²) in [5.41, 5.74) is 2.71. The van der Waals surface area contributed by atoms with Crippen LogP contribution in [0, 0.1) is 17.0 Å². The Morgan fingerprint density at radius 1 is 1.17 bits per heavy atom. The number of nitro benzene ring substituents is 1. The van der Waals surface area contributed by atoms with Gasteiger partial charge in [0.15, 0.2) is 5.65 Å². The number of pyridine rings is 1. The first-order chi connectivity index (χ1) is 14.4. The van der Waals surface area contributed by atoms with Crippen molar-refractivity contribution >= 4 is 28.3 Å². The second-order valence-corrected chi connectivity index (χ2v) is 7.74. The maximum atomic E-state index is 13.2. The van der Waals surface area contributed by atoms with E-state index in [-0.39, 0.29) is 22.6 Å². The lowest BCUT2D eigenvalue weighted by molar-refractivity contribution is -0.384. The highest BCUT2D eigenvalue weighted by molar-refractivity contribution is 5.98. The number of nitro groups is 1. The van der Waals surface area contributed by atoms with Gasteiger partial charge in [-0.2, -0.15) is 5.10 Å². The zero-order valence-corrected chi connectivity index (χ0v) is 17.3. The maximum absolute atomic E-state index is 13.2. The predicted octanol–water partition coefficient (Wildman–Crippen LogP) is 3.19. The van der Waals surface area contributed by atoms with E-state index in [4.69, 9.17) is 0 Å². The molecule has 30 heavy (non-hydrogen) atoms. The Morgan fingerprint density at radius 2 is 1.87 bits per heavy atom. The molecule has 0 atom stereocenters. The van der Waals surface area contributed by atoms with Crippen LogP contribution in [0.15, 0.2) is 36.5 Å². The SMILES string of the molecule is Cc1nc2c(cnn2C(C)C)cc1C(=O)N1CCN(c2ccccc2[N+](=O)[O-])CC1. The normalized spacial score (nSPS) is 14.5. The number of aromatic nitrogens is 3. The van der Waals surface area contributed by atoms with Crippen molar-refractivity contribution in [3.05, 3.63) is 57.9 Å². The van der Waals surface area contributed by atoms with Crippen LogP contribution in [-0.4, -0.2) is 56.7 Å². The van der Waals surface area contributed by atoms with Crippen molar-refractivity contribution in [2.24, 2.45) is 0 Å². The van der Waals surface area contributed by atoms with Crippen LogP contribution in [0.3, 0.4) is 0 Å². The number of aryl methyl sites for hydroxylation is 1. The monoisotopic (exact) mass is 408 g/mol. The molecule has 0 saturated carbocycles. The number of para-hydroxylation sites is 2. The van der Waals surface area contributed by atoms with Gasteiger partial charge in [-0.25, -0.2) is 9.67 Å². The molecule has 1 amide bonds. The molecule has 4 rings (SSSR count). The highest BCUT2D eigenvalue weighted by Gasteiger charge is 2.27. The van der Waals surface area contributed by atoms with Gasteiger partial charge in [0.2, 0.25) is 0 Å². The van der Waals surface area contributed by atoms with Crippen LogP contribution in [0.4, 0.5) is 11.4 Å². The molecule has 0 bridgehead atoms. The molecule has 9 heteroatoms. The smallest absolute Gasteiger partial charge is 0.292 e. The molecule has 0 radical (unpaired) electrons. The molecular formula is C21H24N6O3. The summed E-state index contributed by atoms with van der Waals surface area (Å²) in [5, 5.41) is 16.5. The Kier molecular flexibility index (Phi) is 5.11. The van der Waals surface area contributed by atoms with Gasteiger partial charge in [0.05, 0.1) is 22.4 Å². The number of anilines is 1. The van der Waals surface area contributed by atoms with Crippen LogP contribution in [0.5, 0.6) is 0 Å². The molecule has 156 valence electrons. The Labute approximate surface area is 174 Å². The lowest BCUT2D eigenvalue weighted by Gasteiger charge is -2.36. The van der Waals surface area contributed by atoms with Gasteiger partial charge in [0.1, 0.15) is 5.69 Å². The molecule has 1 aliphatic rings. The van der Waals surface area contributed by atoms with Gasteiger partial charge in [-0.15, -0.1) is 0 Å². The summed E-state index contributed by atoms with van der Waals surface area (Å²) in [6, 6.07) is 8.76. The zero-order chi connectivity index (χ0) is 21.4. The summed E-state index contributed by atoms with van der Waals surface area (Å²) in [7, 11) is 0. The van der Waals surface area contributed by atoms with E-state index in [1.165, 1.54) is 6.07 Å². The van der Waals surface area contributed by atoms with Gasteiger partial charge < -0.3 is 9.80 Å². The quantitative estimate of drug-likeness (QED) is 0.486. The van der Waals surface area contributed by atoms with Crippen molar-refractivity contribution in [2.45, 2.75) is 26.8 Å². The average molecular weight is 408 g/mol.